The first-order valence-corrected chi connectivity index (χ1v) is 10.9. The number of nitrogens with zero attached hydrogens (tertiary/aromatic N) is 1. The molecule has 5 heteroatoms. The van der Waals surface area contributed by atoms with Gasteiger partial charge >= 0.3 is 0 Å². The molecule has 2 unspecified atom stereocenters. The molecule has 1 aromatic rings. The van der Waals surface area contributed by atoms with Crippen molar-refractivity contribution in [3.63, 3.8) is 0 Å². The maximum absolute atomic E-state index is 12.6. The van der Waals surface area contributed by atoms with E-state index in [4.69, 9.17) is 9.47 Å². The molecule has 166 valence electrons. The van der Waals surface area contributed by atoms with Gasteiger partial charge in [0.2, 0.25) is 5.91 Å². The number of benzene rings is 1. The summed E-state index contributed by atoms with van der Waals surface area (Å²) in [6.07, 6.45) is 6.16. The minimum absolute atomic E-state index is 0.0284. The summed E-state index contributed by atoms with van der Waals surface area (Å²) in [4.78, 5) is 14.7. The first kappa shape index (κ1) is 25.3. The number of carbonyl (C=O) groups is 1. The van der Waals surface area contributed by atoms with E-state index < -0.39 is 0 Å². The van der Waals surface area contributed by atoms with Crippen LogP contribution in [0.1, 0.15) is 66.2 Å². The van der Waals surface area contributed by atoms with Crippen molar-refractivity contribution in [3.05, 3.63) is 24.3 Å². The molecule has 0 radical (unpaired) electrons. The van der Waals surface area contributed by atoms with Crippen molar-refractivity contribution < 1.29 is 14.3 Å². The average Bonchev–Trinajstić information content (AvgIpc) is 2.68. The number of nitrogens with one attached hydrogen (secondary N) is 1. The quantitative estimate of drug-likeness (QED) is 0.440. The lowest BCUT2D eigenvalue weighted by atomic mass is 9.85. The van der Waals surface area contributed by atoms with E-state index in [1.54, 1.807) is 7.11 Å². The molecule has 0 aromatic heterocycles. The summed E-state index contributed by atoms with van der Waals surface area (Å²) >= 11 is 0. The predicted octanol–water partition coefficient (Wildman–Crippen LogP) is 5.04. The van der Waals surface area contributed by atoms with Crippen LogP contribution in [0.2, 0.25) is 0 Å². The number of carbonyl (C=O) groups excluding carboxylic acids is 1. The van der Waals surface area contributed by atoms with Crippen LogP contribution < -0.4 is 15.0 Å². The minimum atomic E-state index is -0.356. The molecule has 0 heterocycles. The lowest BCUT2D eigenvalue weighted by Gasteiger charge is -2.29. The summed E-state index contributed by atoms with van der Waals surface area (Å²) in [7, 11) is 5.76. The molecule has 0 spiro atoms. The number of ether oxygens (including phenoxy) is 2. The van der Waals surface area contributed by atoms with Crippen LogP contribution in [0.4, 0.5) is 5.69 Å². The molecule has 0 saturated heterocycles. The Morgan fingerprint density at radius 1 is 1.10 bits per heavy atom. The maximum Gasteiger partial charge on any atom is 0.225 e. The standard InChI is InChI=1S/C24H42N2O3/c1-8-22(28-7)19(2)25-23(27)24(3,4)17-11-9-10-12-18-29-21-15-13-20(14-16-21)26(5)6/h13-16,19,22H,8-12,17-18H2,1-7H3,(H,25,27). The summed E-state index contributed by atoms with van der Waals surface area (Å²) < 4.78 is 11.2. The molecule has 0 aliphatic carbocycles. The Bertz CT molecular complexity index is 580. The Morgan fingerprint density at radius 3 is 2.28 bits per heavy atom. The number of amides is 1. The summed E-state index contributed by atoms with van der Waals surface area (Å²) in [5.41, 5.74) is 0.816. The molecule has 2 atom stereocenters. The van der Waals surface area contributed by atoms with E-state index in [2.05, 4.69) is 29.3 Å². The molecule has 0 fully saturated rings. The number of methoxy groups -OCH3 is 1. The van der Waals surface area contributed by atoms with E-state index in [-0.39, 0.29) is 23.5 Å². The average molecular weight is 407 g/mol. The van der Waals surface area contributed by atoms with Crippen LogP contribution in [0, 0.1) is 5.41 Å². The molecular weight excluding hydrogens is 364 g/mol. The van der Waals surface area contributed by atoms with Gasteiger partial charge in [-0.1, -0.05) is 40.0 Å². The Hall–Kier alpha value is -1.75. The highest BCUT2D eigenvalue weighted by Crippen LogP contribution is 2.25. The van der Waals surface area contributed by atoms with Gasteiger partial charge in [-0.3, -0.25) is 4.79 Å². The van der Waals surface area contributed by atoms with Crippen LogP contribution >= 0.6 is 0 Å². The van der Waals surface area contributed by atoms with Gasteiger partial charge < -0.3 is 19.7 Å². The second kappa shape index (κ2) is 12.7. The van der Waals surface area contributed by atoms with Crippen molar-refractivity contribution in [1.29, 1.82) is 0 Å². The molecule has 0 saturated carbocycles. The minimum Gasteiger partial charge on any atom is -0.494 e. The topological polar surface area (TPSA) is 50.8 Å². The van der Waals surface area contributed by atoms with Gasteiger partial charge in [-0.15, -0.1) is 0 Å². The van der Waals surface area contributed by atoms with Crippen LogP contribution in [0.5, 0.6) is 5.75 Å². The van der Waals surface area contributed by atoms with E-state index >= 15 is 0 Å². The molecule has 0 aliphatic heterocycles. The maximum atomic E-state index is 12.6. The van der Waals surface area contributed by atoms with Gasteiger partial charge in [-0.2, -0.15) is 0 Å². The summed E-state index contributed by atoms with van der Waals surface area (Å²) in [6.45, 7) is 8.88. The van der Waals surface area contributed by atoms with Crippen LogP contribution in [-0.2, 0) is 9.53 Å². The van der Waals surface area contributed by atoms with Gasteiger partial charge in [0.15, 0.2) is 0 Å². The fourth-order valence-corrected chi connectivity index (χ4v) is 3.39. The van der Waals surface area contributed by atoms with E-state index in [0.29, 0.717) is 0 Å². The molecule has 1 amide bonds. The number of rotatable bonds is 14. The monoisotopic (exact) mass is 406 g/mol. The summed E-state index contributed by atoms with van der Waals surface area (Å²) in [6, 6.07) is 8.20. The van der Waals surface area contributed by atoms with Crippen LogP contribution in [0.15, 0.2) is 24.3 Å². The zero-order valence-electron chi connectivity index (χ0n) is 19.6. The molecule has 0 aliphatic rings. The lowest BCUT2D eigenvalue weighted by Crippen LogP contribution is -2.47. The summed E-state index contributed by atoms with van der Waals surface area (Å²) in [5, 5.41) is 3.13. The fraction of sp³-hybridized carbons (Fsp3) is 0.708. The molecule has 1 aromatic carbocycles. The molecule has 5 nitrogen and oxygen atoms in total. The zero-order chi connectivity index (χ0) is 21.9. The van der Waals surface area contributed by atoms with Crippen molar-refractivity contribution in [2.45, 2.75) is 78.4 Å². The Kier molecular flexibility index (Phi) is 11.1. The van der Waals surface area contributed by atoms with Gasteiger partial charge in [-0.25, -0.2) is 0 Å². The normalized spacial score (nSPS) is 13.6. The third kappa shape index (κ3) is 9.07. The molecular formula is C24H42N2O3. The largest absolute Gasteiger partial charge is 0.494 e. The predicted molar refractivity (Wildman–Crippen MR) is 122 cm³/mol. The van der Waals surface area contributed by atoms with Crippen molar-refractivity contribution in [1.82, 2.24) is 5.32 Å². The highest BCUT2D eigenvalue weighted by atomic mass is 16.5. The van der Waals surface area contributed by atoms with Crippen LogP contribution in [-0.4, -0.2) is 45.9 Å². The third-order valence-corrected chi connectivity index (χ3v) is 5.55. The van der Waals surface area contributed by atoms with E-state index in [0.717, 1.165) is 50.9 Å². The molecule has 1 N–H and O–H groups in total. The highest BCUT2D eigenvalue weighted by Gasteiger charge is 2.29. The first-order chi connectivity index (χ1) is 13.7. The summed E-state index contributed by atoms with van der Waals surface area (Å²) in [5.74, 6) is 1.04. The van der Waals surface area contributed by atoms with Crippen molar-refractivity contribution >= 4 is 11.6 Å². The van der Waals surface area contributed by atoms with Gasteiger partial charge in [-0.05, 0) is 50.5 Å². The van der Waals surface area contributed by atoms with Gasteiger partial charge in [0.05, 0.1) is 18.8 Å². The number of hydrogen-bond acceptors (Lipinski definition) is 4. The van der Waals surface area contributed by atoms with Crippen molar-refractivity contribution in [3.8, 4) is 5.75 Å². The Labute approximate surface area is 178 Å². The van der Waals surface area contributed by atoms with E-state index in [9.17, 15) is 4.79 Å². The van der Waals surface area contributed by atoms with Crippen molar-refractivity contribution in [2.75, 3.05) is 32.7 Å². The second-order valence-electron chi connectivity index (χ2n) is 8.73. The van der Waals surface area contributed by atoms with Crippen LogP contribution in [0.3, 0.4) is 0 Å². The Balaban J connectivity index is 2.21. The SMILES string of the molecule is CCC(OC)C(C)NC(=O)C(C)(C)CCCCCCOc1ccc(N(C)C)cc1. The smallest absolute Gasteiger partial charge is 0.225 e. The molecule has 0 bridgehead atoms. The van der Waals surface area contributed by atoms with Gasteiger partial charge in [0.1, 0.15) is 5.75 Å². The van der Waals surface area contributed by atoms with Crippen LogP contribution in [0.25, 0.3) is 0 Å². The zero-order valence-corrected chi connectivity index (χ0v) is 19.6. The van der Waals surface area contributed by atoms with Crippen molar-refractivity contribution in [2.24, 2.45) is 5.41 Å². The first-order valence-electron chi connectivity index (χ1n) is 10.9. The number of unbranched alkanes of at least 4 members (excludes halogenated alkanes) is 3. The second-order valence-corrected chi connectivity index (χ2v) is 8.73. The number of hydrogen-bond donors (Lipinski definition) is 1. The Morgan fingerprint density at radius 2 is 1.72 bits per heavy atom. The number of anilines is 1. The highest BCUT2D eigenvalue weighted by molar-refractivity contribution is 5.82. The van der Waals surface area contributed by atoms with E-state index in [1.165, 1.54) is 5.69 Å². The molecule has 29 heavy (non-hydrogen) atoms. The fourth-order valence-electron chi connectivity index (χ4n) is 3.39. The third-order valence-electron chi connectivity index (χ3n) is 5.55. The lowest BCUT2D eigenvalue weighted by molar-refractivity contribution is -0.131. The molecule has 1 rings (SSSR count). The van der Waals surface area contributed by atoms with E-state index in [1.807, 2.05) is 47.0 Å². The van der Waals surface area contributed by atoms with Gasteiger partial charge in [0.25, 0.3) is 0 Å². The van der Waals surface area contributed by atoms with Gasteiger partial charge in [0, 0.05) is 32.3 Å².